The number of β-amino-alcohol motifs (C(OH)–C–C–N with tert-alkyl or cyclic N) is 1. The minimum Gasteiger partial charge on any atom is -0.455 e. The molecule has 0 bridgehead atoms. The number of hydrogen-bond acceptors (Lipinski definition) is 6. The van der Waals surface area contributed by atoms with Gasteiger partial charge in [-0.25, -0.2) is 12.7 Å². The van der Waals surface area contributed by atoms with Gasteiger partial charge in [0.1, 0.15) is 5.76 Å². The molecule has 1 saturated heterocycles. The van der Waals surface area contributed by atoms with Gasteiger partial charge in [0.15, 0.2) is 5.76 Å². The molecule has 0 unspecified atom stereocenters. The number of carbonyl (C=O) groups excluding carboxylic acids is 1. The van der Waals surface area contributed by atoms with Crippen LogP contribution in [0.2, 0.25) is 0 Å². The molecule has 8 nitrogen and oxygen atoms in total. The van der Waals surface area contributed by atoms with Gasteiger partial charge in [0.05, 0.1) is 18.4 Å². The number of rotatable bonds is 6. The smallest absolute Gasteiger partial charge is 0.289 e. The van der Waals surface area contributed by atoms with Gasteiger partial charge in [-0.05, 0) is 12.1 Å². The van der Waals surface area contributed by atoms with Gasteiger partial charge >= 0.3 is 0 Å². The fourth-order valence-electron chi connectivity index (χ4n) is 2.67. The molecule has 0 radical (unpaired) electrons. The Morgan fingerprint density at radius 1 is 1.29 bits per heavy atom. The fourth-order valence-corrected chi connectivity index (χ4v) is 3.84. The van der Waals surface area contributed by atoms with Crippen LogP contribution in [0.15, 0.2) is 16.5 Å². The minimum absolute atomic E-state index is 0.0831. The summed E-state index contributed by atoms with van der Waals surface area (Å²) in [6.45, 7) is 1.27. The zero-order valence-corrected chi connectivity index (χ0v) is 15.3. The number of likely N-dealkylation sites (tertiary alicyclic amines) is 1. The average molecular weight is 359 g/mol. The van der Waals surface area contributed by atoms with Gasteiger partial charge in [-0.15, -0.1) is 0 Å². The Morgan fingerprint density at radius 2 is 1.96 bits per heavy atom. The van der Waals surface area contributed by atoms with E-state index in [2.05, 4.69) is 0 Å². The highest BCUT2D eigenvalue weighted by Crippen LogP contribution is 2.22. The highest BCUT2D eigenvalue weighted by molar-refractivity contribution is 7.89. The van der Waals surface area contributed by atoms with Gasteiger partial charge in [0, 0.05) is 47.2 Å². The summed E-state index contributed by atoms with van der Waals surface area (Å²) in [5.74, 6) is 0.248. The van der Waals surface area contributed by atoms with E-state index in [-0.39, 0.29) is 23.3 Å². The number of sulfonamides is 1. The van der Waals surface area contributed by atoms with Crippen molar-refractivity contribution in [3.05, 3.63) is 23.7 Å². The van der Waals surface area contributed by atoms with Crippen molar-refractivity contribution < 1.29 is 22.7 Å². The van der Waals surface area contributed by atoms with Crippen LogP contribution in [0.4, 0.5) is 0 Å². The van der Waals surface area contributed by atoms with Crippen molar-refractivity contribution in [1.82, 2.24) is 14.1 Å². The first-order valence-corrected chi connectivity index (χ1v) is 9.32. The zero-order valence-electron chi connectivity index (χ0n) is 14.5. The van der Waals surface area contributed by atoms with Crippen LogP contribution in [-0.2, 0) is 16.6 Å². The van der Waals surface area contributed by atoms with Crippen LogP contribution in [0.1, 0.15) is 16.3 Å². The lowest BCUT2D eigenvalue weighted by molar-refractivity contribution is 0.0792. The van der Waals surface area contributed by atoms with Gasteiger partial charge in [-0.2, -0.15) is 0 Å². The van der Waals surface area contributed by atoms with Gasteiger partial charge in [0.2, 0.25) is 10.0 Å². The maximum absolute atomic E-state index is 12.0. The van der Waals surface area contributed by atoms with Gasteiger partial charge < -0.3 is 14.4 Å². The van der Waals surface area contributed by atoms with Crippen molar-refractivity contribution in [2.24, 2.45) is 5.92 Å². The van der Waals surface area contributed by atoms with Crippen molar-refractivity contribution in [2.75, 3.05) is 47.0 Å². The summed E-state index contributed by atoms with van der Waals surface area (Å²) < 4.78 is 30.7. The average Bonchev–Trinajstić information content (AvgIpc) is 3.05. The molecule has 0 aliphatic carbocycles. The third-order valence-corrected chi connectivity index (χ3v) is 6.08. The standard InChI is InChI=1S/C15H25N3O5S/c1-16(2)15(20)14-6-5-12(23-14)8-18-7-11(13(19)9-18)10-24(21,22)17(3)4/h5-6,11,13,19H,7-10H2,1-4H3/t11-,13-/m0/s1. The van der Waals surface area contributed by atoms with Crippen LogP contribution in [0.5, 0.6) is 0 Å². The normalized spacial score (nSPS) is 22.2. The van der Waals surface area contributed by atoms with Crippen LogP contribution in [0.3, 0.4) is 0 Å². The molecule has 24 heavy (non-hydrogen) atoms. The summed E-state index contributed by atoms with van der Waals surface area (Å²) in [6, 6.07) is 3.35. The maximum atomic E-state index is 12.0. The number of aliphatic hydroxyl groups excluding tert-OH is 1. The number of nitrogens with zero attached hydrogens (tertiary/aromatic N) is 3. The van der Waals surface area contributed by atoms with E-state index < -0.39 is 16.1 Å². The molecule has 1 aromatic heterocycles. The van der Waals surface area contributed by atoms with E-state index in [0.29, 0.717) is 25.4 Å². The topological polar surface area (TPSA) is 94.3 Å². The van der Waals surface area contributed by atoms with Crippen LogP contribution >= 0.6 is 0 Å². The first kappa shape index (κ1) is 18.9. The number of furan rings is 1. The molecule has 1 aromatic rings. The number of aliphatic hydroxyl groups is 1. The number of carbonyl (C=O) groups is 1. The van der Waals surface area contributed by atoms with Crippen LogP contribution in [-0.4, -0.2) is 86.7 Å². The molecule has 1 aliphatic heterocycles. The molecular weight excluding hydrogens is 334 g/mol. The van der Waals surface area contributed by atoms with Crippen molar-refractivity contribution in [3.63, 3.8) is 0 Å². The maximum Gasteiger partial charge on any atom is 0.289 e. The van der Waals surface area contributed by atoms with E-state index >= 15 is 0 Å². The predicted molar refractivity (Wildman–Crippen MR) is 89.0 cm³/mol. The molecule has 1 fully saturated rings. The summed E-state index contributed by atoms with van der Waals surface area (Å²) >= 11 is 0. The van der Waals surface area contributed by atoms with Gasteiger partial charge in [0.25, 0.3) is 5.91 Å². The monoisotopic (exact) mass is 359 g/mol. The quantitative estimate of drug-likeness (QED) is 0.747. The van der Waals surface area contributed by atoms with Crippen molar-refractivity contribution in [2.45, 2.75) is 12.6 Å². The van der Waals surface area contributed by atoms with Crippen molar-refractivity contribution in [1.29, 1.82) is 0 Å². The molecular formula is C15H25N3O5S. The van der Waals surface area contributed by atoms with E-state index in [9.17, 15) is 18.3 Å². The zero-order chi connectivity index (χ0) is 18.1. The molecule has 0 spiro atoms. The first-order chi connectivity index (χ1) is 11.1. The lowest BCUT2D eigenvalue weighted by Gasteiger charge is -2.17. The highest BCUT2D eigenvalue weighted by Gasteiger charge is 2.35. The Hall–Kier alpha value is -1.42. The summed E-state index contributed by atoms with van der Waals surface area (Å²) in [6.07, 6.45) is -0.697. The lowest BCUT2D eigenvalue weighted by atomic mass is 10.1. The summed E-state index contributed by atoms with van der Waals surface area (Å²) in [5, 5.41) is 10.1. The largest absolute Gasteiger partial charge is 0.455 e. The number of hydrogen-bond donors (Lipinski definition) is 1. The SMILES string of the molecule is CN(C)C(=O)c1ccc(CN2C[C@@H](CS(=O)(=O)N(C)C)[C@@H](O)C2)o1. The van der Waals surface area contributed by atoms with E-state index in [1.54, 1.807) is 26.2 Å². The molecule has 136 valence electrons. The Labute approximate surface area is 142 Å². The molecule has 2 rings (SSSR count). The molecule has 1 aliphatic rings. The fraction of sp³-hybridized carbons (Fsp3) is 0.667. The summed E-state index contributed by atoms with van der Waals surface area (Å²) in [7, 11) is 2.92. The van der Waals surface area contributed by atoms with E-state index in [0.717, 1.165) is 0 Å². The third-order valence-electron chi connectivity index (χ3n) is 4.12. The molecule has 1 amide bonds. The second-order valence-corrected chi connectivity index (χ2v) is 8.78. The Bertz CT molecular complexity index is 683. The molecule has 2 atom stereocenters. The third kappa shape index (κ3) is 4.35. The Balaban J connectivity index is 1.97. The molecule has 9 heteroatoms. The molecule has 0 saturated carbocycles. The second-order valence-electron chi connectivity index (χ2n) is 6.55. The lowest BCUT2D eigenvalue weighted by Crippen LogP contribution is -2.33. The van der Waals surface area contributed by atoms with E-state index in [4.69, 9.17) is 4.42 Å². The van der Waals surface area contributed by atoms with Crippen LogP contribution in [0.25, 0.3) is 0 Å². The number of amides is 1. The van der Waals surface area contributed by atoms with E-state index in [1.165, 1.54) is 23.3 Å². The highest BCUT2D eigenvalue weighted by atomic mass is 32.2. The van der Waals surface area contributed by atoms with E-state index in [1.807, 2.05) is 4.90 Å². The van der Waals surface area contributed by atoms with Crippen molar-refractivity contribution in [3.8, 4) is 0 Å². The second kappa shape index (κ2) is 7.22. The summed E-state index contributed by atoms with van der Waals surface area (Å²) in [4.78, 5) is 15.2. The molecule has 2 heterocycles. The molecule has 0 aromatic carbocycles. The predicted octanol–water partition coefficient (Wildman–Crippen LogP) is -0.334. The first-order valence-electron chi connectivity index (χ1n) is 7.71. The van der Waals surface area contributed by atoms with Crippen molar-refractivity contribution >= 4 is 15.9 Å². The Morgan fingerprint density at radius 3 is 2.54 bits per heavy atom. The molecule has 1 N–H and O–H groups in total. The van der Waals surface area contributed by atoms with Gasteiger partial charge in [-0.1, -0.05) is 0 Å². The Kier molecular flexibility index (Phi) is 5.69. The van der Waals surface area contributed by atoms with Gasteiger partial charge in [-0.3, -0.25) is 9.69 Å². The van der Waals surface area contributed by atoms with Crippen LogP contribution < -0.4 is 0 Å². The summed E-state index contributed by atoms with van der Waals surface area (Å²) in [5.41, 5.74) is 0. The minimum atomic E-state index is -3.35. The van der Waals surface area contributed by atoms with Crippen LogP contribution in [0, 0.1) is 5.92 Å².